The number of alkyl halides is 3. The summed E-state index contributed by atoms with van der Waals surface area (Å²) in [5.41, 5.74) is 3.89. The van der Waals surface area contributed by atoms with Crippen LogP contribution in [0.25, 0.3) is 0 Å². The minimum atomic E-state index is -4.78. The van der Waals surface area contributed by atoms with Crippen molar-refractivity contribution >= 4 is 11.6 Å². The van der Waals surface area contributed by atoms with E-state index in [1.165, 1.54) is 0 Å². The third-order valence-electron chi connectivity index (χ3n) is 2.91. The average molecular weight is 306 g/mol. The molecule has 1 aromatic carbocycles. The maximum Gasteiger partial charge on any atom is 0.419 e. The van der Waals surface area contributed by atoms with Gasteiger partial charge in [0.15, 0.2) is 0 Å². The number of anilines is 1. The van der Waals surface area contributed by atoms with E-state index in [4.69, 9.17) is 5.73 Å². The number of amides is 1. The average Bonchev–Trinajstić information content (AvgIpc) is 2.39. The molecule has 0 saturated carbocycles. The van der Waals surface area contributed by atoms with Crippen molar-refractivity contribution in [3.8, 4) is 0 Å². The topological polar surface area (TPSA) is 55.1 Å². The van der Waals surface area contributed by atoms with Crippen molar-refractivity contribution in [2.75, 3.05) is 11.9 Å². The Morgan fingerprint density at radius 3 is 2.43 bits per heavy atom. The van der Waals surface area contributed by atoms with Crippen LogP contribution in [0, 0.1) is 5.82 Å². The quantitative estimate of drug-likeness (QED) is 0.596. The van der Waals surface area contributed by atoms with Crippen LogP contribution < -0.4 is 11.1 Å². The Morgan fingerprint density at radius 1 is 1.14 bits per heavy atom. The highest BCUT2D eigenvalue weighted by molar-refractivity contribution is 5.90. The number of hydrogen-bond acceptors (Lipinski definition) is 2. The summed E-state index contributed by atoms with van der Waals surface area (Å²) in [5, 5.41) is 2.34. The van der Waals surface area contributed by atoms with Crippen molar-refractivity contribution in [2.45, 2.75) is 38.3 Å². The number of rotatable bonds is 7. The molecule has 0 heterocycles. The van der Waals surface area contributed by atoms with Gasteiger partial charge in [-0.3, -0.25) is 4.79 Å². The molecular weight excluding hydrogens is 288 g/mol. The van der Waals surface area contributed by atoms with Crippen molar-refractivity contribution in [1.82, 2.24) is 0 Å². The number of carbonyl (C=O) groups excluding carboxylic acids is 1. The lowest BCUT2D eigenvalue weighted by Gasteiger charge is -2.11. The summed E-state index contributed by atoms with van der Waals surface area (Å²) in [6.07, 6.45) is -1.30. The molecule has 0 radical (unpaired) electrons. The Labute approximate surface area is 120 Å². The van der Waals surface area contributed by atoms with E-state index in [1.807, 2.05) is 0 Å². The van der Waals surface area contributed by atoms with Gasteiger partial charge < -0.3 is 11.1 Å². The fourth-order valence-electron chi connectivity index (χ4n) is 1.83. The largest absolute Gasteiger partial charge is 0.419 e. The van der Waals surface area contributed by atoms with Crippen LogP contribution in [0.3, 0.4) is 0 Å². The fraction of sp³-hybridized carbons (Fsp3) is 0.500. The molecular formula is C14H18F4N2O. The van der Waals surface area contributed by atoms with E-state index in [2.05, 4.69) is 5.32 Å². The molecule has 0 fully saturated rings. The third kappa shape index (κ3) is 6.12. The number of halogens is 4. The van der Waals surface area contributed by atoms with Crippen molar-refractivity contribution in [3.63, 3.8) is 0 Å². The summed E-state index contributed by atoms with van der Waals surface area (Å²) in [7, 11) is 0. The molecule has 3 N–H and O–H groups in total. The second kappa shape index (κ2) is 7.97. The SMILES string of the molecule is NCCCCCCC(=O)Nc1ccc(F)c(C(F)(F)F)c1. The van der Waals surface area contributed by atoms with Gasteiger partial charge in [-0.05, 0) is 37.6 Å². The first-order valence-corrected chi connectivity index (χ1v) is 6.71. The first-order chi connectivity index (χ1) is 9.84. The second-order valence-corrected chi connectivity index (χ2v) is 4.69. The Morgan fingerprint density at radius 2 is 1.81 bits per heavy atom. The summed E-state index contributed by atoms with van der Waals surface area (Å²) in [6, 6.07) is 2.40. The minimum Gasteiger partial charge on any atom is -0.330 e. The molecule has 0 aliphatic carbocycles. The molecule has 3 nitrogen and oxygen atoms in total. The van der Waals surface area contributed by atoms with Gasteiger partial charge in [0.25, 0.3) is 0 Å². The zero-order valence-corrected chi connectivity index (χ0v) is 11.5. The highest BCUT2D eigenvalue weighted by atomic mass is 19.4. The zero-order chi connectivity index (χ0) is 15.9. The van der Waals surface area contributed by atoms with Crippen LogP contribution >= 0.6 is 0 Å². The Balaban J connectivity index is 2.53. The maximum absolute atomic E-state index is 13.1. The molecule has 118 valence electrons. The van der Waals surface area contributed by atoms with E-state index in [1.54, 1.807) is 0 Å². The number of hydrogen-bond donors (Lipinski definition) is 2. The Hall–Kier alpha value is -1.63. The second-order valence-electron chi connectivity index (χ2n) is 4.69. The predicted octanol–water partition coefficient (Wildman–Crippen LogP) is 3.69. The molecule has 0 spiro atoms. The van der Waals surface area contributed by atoms with E-state index in [9.17, 15) is 22.4 Å². The maximum atomic E-state index is 13.1. The number of nitrogens with two attached hydrogens (primary N) is 1. The van der Waals surface area contributed by atoms with Crippen LogP contribution in [-0.4, -0.2) is 12.5 Å². The van der Waals surface area contributed by atoms with Gasteiger partial charge in [-0.15, -0.1) is 0 Å². The van der Waals surface area contributed by atoms with Gasteiger partial charge in [0.1, 0.15) is 5.82 Å². The molecule has 0 bridgehead atoms. The van der Waals surface area contributed by atoms with Gasteiger partial charge in [0.05, 0.1) is 5.56 Å². The Kier molecular flexibility index (Phi) is 6.61. The van der Waals surface area contributed by atoms with Crippen LogP contribution in [0.2, 0.25) is 0 Å². The summed E-state index contributed by atoms with van der Waals surface area (Å²) < 4.78 is 50.7. The normalized spacial score (nSPS) is 11.5. The standard InChI is InChI=1S/C14H18F4N2O/c15-12-7-6-10(9-11(12)14(16,17)18)20-13(21)5-3-1-2-4-8-19/h6-7,9H,1-5,8,19H2,(H,20,21). The van der Waals surface area contributed by atoms with E-state index >= 15 is 0 Å². The van der Waals surface area contributed by atoms with Crippen LogP contribution in [0.4, 0.5) is 23.2 Å². The van der Waals surface area contributed by atoms with Crippen LogP contribution in [0.1, 0.15) is 37.7 Å². The summed E-state index contributed by atoms with van der Waals surface area (Å²) in [5.74, 6) is -1.75. The summed E-state index contributed by atoms with van der Waals surface area (Å²) in [4.78, 5) is 11.6. The Bertz CT molecular complexity index is 475. The molecule has 1 rings (SSSR count). The molecule has 21 heavy (non-hydrogen) atoms. The molecule has 7 heteroatoms. The van der Waals surface area contributed by atoms with Crippen molar-refractivity contribution in [3.05, 3.63) is 29.6 Å². The zero-order valence-electron chi connectivity index (χ0n) is 11.5. The van der Waals surface area contributed by atoms with Crippen LogP contribution in [-0.2, 0) is 11.0 Å². The van der Waals surface area contributed by atoms with Crippen LogP contribution in [0.5, 0.6) is 0 Å². The van der Waals surface area contributed by atoms with Gasteiger partial charge >= 0.3 is 6.18 Å². The first kappa shape index (κ1) is 17.4. The molecule has 0 aromatic heterocycles. The van der Waals surface area contributed by atoms with E-state index in [-0.39, 0.29) is 18.0 Å². The van der Waals surface area contributed by atoms with Crippen molar-refractivity contribution in [2.24, 2.45) is 5.73 Å². The number of benzene rings is 1. The van der Waals surface area contributed by atoms with E-state index < -0.39 is 17.6 Å². The first-order valence-electron chi connectivity index (χ1n) is 6.71. The molecule has 0 atom stereocenters. The van der Waals surface area contributed by atoms with Gasteiger partial charge in [-0.2, -0.15) is 13.2 Å². The smallest absolute Gasteiger partial charge is 0.330 e. The lowest BCUT2D eigenvalue weighted by atomic mass is 10.1. The number of carbonyl (C=O) groups is 1. The minimum absolute atomic E-state index is 0.0596. The van der Waals surface area contributed by atoms with Gasteiger partial charge in [0.2, 0.25) is 5.91 Å². The van der Waals surface area contributed by atoms with E-state index in [0.717, 1.165) is 25.3 Å². The highest BCUT2D eigenvalue weighted by Crippen LogP contribution is 2.33. The molecule has 0 unspecified atom stereocenters. The molecule has 1 aromatic rings. The van der Waals surface area contributed by atoms with Crippen LogP contribution in [0.15, 0.2) is 18.2 Å². The molecule has 0 saturated heterocycles. The fourth-order valence-corrected chi connectivity index (χ4v) is 1.83. The summed E-state index contributed by atoms with van der Waals surface area (Å²) >= 11 is 0. The molecule has 0 aliphatic rings. The van der Waals surface area contributed by atoms with Gasteiger partial charge in [-0.1, -0.05) is 12.8 Å². The number of nitrogens with one attached hydrogen (secondary N) is 1. The predicted molar refractivity (Wildman–Crippen MR) is 72.2 cm³/mol. The third-order valence-corrected chi connectivity index (χ3v) is 2.91. The van der Waals surface area contributed by atoms with Crippen molar-refractivity contribution < 1.29 is 22.4 Å². The van der Waals surface area contributed by atoms with Crippen molar-refractivity contribution in [1.29, 1.82) is 0 Å². The molecule has 0 aliphatic heterocycles. The lowest BCUT2D eigenvalue weighted by molar-refractivity contribution is -0.140. The summed E-state index contributed by atoms with van der Waals surface area (Å²) in [6.45, 7) is 0.599. The molecule has 1 amide bonds. The monoisotopic (exact) mass is 306 g/mol. The van der Waals surface area contributed by atoms with Gasteiger partial charge in [0, 0.05) is 12.1 Å². The van der Waals surface area contributed by atoms with Gasteiger partial charge in [-0.25, -0.2) is 4.39 Å². The van der Waals surface area contributed by atoms with E-state index in [0.29, 0.717) is 25.1 Å². The lowest BCUT2D eigenvalue weighted by Crippen LogP contribution is -2.13. The highest BCUT2D eigenvalue weighted by Gasteiger charge is 2.34. The number of unbranched alkanes of at least 4 members (excludes halogenated alkanes) is 3.